The SMILES string of the molecule is CSC(C)(C)CNCc1cccc(Br)c1O. The number of para-hydroxylation sites is 1. The minimum atomic E-state index is 0.224. The molecule has 1 rings (SSSR count). The molecule has 0 saturated carbocycles. The number of phenols is 1. The lowest BCUT2D eigenvalue weighted by Gasteiger charge is -2.22. The number of hydrogen-bond acceptors (Lipinski definition) is 3. The molecular weight excluding hydrogens is 286 g/mol. The molecule has 2 N–H and O–H groups in total. The summed E-state index contributed by atoms with van der Waals surface area (Å²) in [4.78, 5) is 0. The van der Waals surface area contributed by atoms with Crippen LogP contribution in [-0.2, 0) is 6.54 Å². The van der Waals surface area contributed by atoms with Crippen molar-refractivity contribution in [2.24, 2.45) is 0 Å². The van der Waals surface area contributed by atoms with E-state index < -0.39 is 0 Å². The molecule has 0 aliphatic rings. The van der Waals surface area contributed by atoms with Gasteiger partial charge in [-0.2, -0.15) is 11.8 Å². The van der Waals surface area contributed by atoms with Crippen LogP contribution in [0.4, 0.5) is 0 Å². The highest BCUT2D eigenvalue weighted by Crippen LogP contribution is 2.27. The van der Waals surface area contributed by atoms with Crippen LogP contribution >= 0.6 is 27.7 Å². The number of hydrogen-bond donors (Lipinski definition) is 2. The summed E-state index contributed by atoms with van der Waals surface area (Å²) in [5.74, 6) is 0.331. The van der Waals surface area contributed by atoms with Crippen LogP contribution in [-0.4, -0.2) is 22.7 Å². The van der Waals surface area contributed by atoms with Gasteiger partial charge in [-0.15, -0.1) is 0 Å². The number of thioether (sulfide) groups is 1. The Hall–Kier alpha value is -0.190. The zero-order chi connectivity index (χ0) is 12.2. The van der Waals surface area contributed by atoms with E-state index in [-0.39, 0.29) is 4.75 Å². The van der Waals surface area contributed by atoms with Gasteiger partial charge in [0.25, 0.3) is 0 Å². The maximum atomic E-state index is 9.79. The Morgan fingerprint density at radius 2 is 2.12 bits per heavy atom. The van der Waals surface area contributed by atoms with Crippen LogP contribution in [0, 0.1) is 0 Å². The Morgan fingerprint density at radius 1 is 1.44 bits per heavy atom. The first-order valence-corrected chi connectivity index (χ1v) is 7.20. The fourth-order valence-electron chi connectivity index (χ4n) is 1.27. The first-order chi connectivity index (χ1) is 7.46. The molecule has 0 amide bonds. The molecule has 0 spiro atoms. The van der Waals surface area contributed by atoms with Gasteiger partial charge in [0.1, 0.15) is 5.75 Å². The van der Waals surface area contributed by atoms with E-state index in [4.69, 9.17) is 0 Å². The largest absolute Gasteiger partial charge is 0.506 e. The summed E-state index contributed by atoms with van der Waals surface area (Å²) >= 11 is 5.14. The maximum Gasteiger partial charge on any atom is 0.134 e. The van der Waals surface area contributed by atoms with Crippen molar-refractivity contribution in [3.63, 3.8) is 0 Å². The molecule has 2 nitrogen and oxygen atoms in total. The van der Waals surface area contributed by atoms with Crippen molar-refractivity contribution < 1.29 is 5.11 Å². The van der Waals surface area contributed by atoms with Gasteiger partial charge in [-0.25, -0.2) is 0 Å². The summed E-state index contributed by atoms with van der Waals surface area (Å²) in [6.45, 7) is 6.01. The van der Waals surface area contributed by atoms with Crippen LogP contribution in [0.3, 0.4) is 0 Å². The molecule has 0 atom stereocenters. The van der Waals surface area contributed by atoms with Gasteiger partial charge >= 0.3 is 0 Å². The Kier molecular flexibility index (Phi) is 5.15. The van der Waals surface area contributed by atoms with E-state index in [1.807, 2.05) is 30.0 Å². The highest BCUT2D eigenvalue weighted by atomic mass is 79.9. The van der Waals surface area contributed by atoms with Gasteiger partial charge in [0.15, 0.2) is 0 Å². The second-order valence-corrected chi connectivity index (χ2v) is 6.68. The molecule has 16 heavy (non-hydrogen) atoms. The summed E-state index contributed by atoms with van der Waals surface area (Å²) < 4.78 is 0.970. The zero-order valence-electron chi connectivity index (χ0n) is 9.88. The third-order valence-electron chi connectivity index (χ3n) is 2.49. The average molecular weight is 304 g/mol. The lowest BCUT2D eigenvalue weighted by Crippen LogP contribution is -2.31. The van der Waals surface area contributed by atoms with Crippen LogP contribution in [0.2, 0.25) is 0 Å². The normalized spacial score (nSPS) is 11.8. The standard InChI is InChI=1S/C12H18BrNOS/c1-12(2,16-3)8-14-7-9-5-4-6-10(13)11(9)15/h4-6,14-15H,7-8H2,1-3H3. The molecule has 4 heteroatoms. The van der Waals surface area contributed by atoms with Crippen molar-refractivity contribution in [2.75, 3.05) is 12.8 Å². The van der Waals surface area contributed by atoms with Crippen molar-refractivity contribution in [1.29, 1.82) is 0 Å². The van der Waals surface area contributed by atoms with Crippen molar-refractivity contribution in [1.82, 2.24) is 5.32 Å². The number of aromatic hydroxyl groups is 1. The van der Waals surface area contributed by atoms with E-state index in [1.54, 1.807) is 0 Å². The van der Waals surface area contributed by atoms with Crippen molar-refractivity contribution >= 4 is 27.7 Å². The zero-order valence-corrected chi connectivity index (χ0v) is 12.3. The number of benzene rings is 1. The van der Waals surface area contributed by atoms with Crippen molar-refractivity contribution in [3.8, 4) is 5.75 Å². The van der Waals surface area contributed by atoms with Gasteiger partial charge in [-0.05, 0) is 42.1 Å². The fourth-order valence-corrected chi connectivity index (χ4v) is 1.93. The second kappa shape index (κ2) is 5.94. The van der Waals surface area contributed by atoms with E-state index in [1.165, 1.54) is 0 Å². The van der Waals surface area contributed by atoms with Gasteiger partial charge in [0.05, 0.1) is 4.47 Å². The Labute approximate surface area is 110 Å². The van der Waals surface area contributed by atoms with Crippen LogP contribution < -0.4 is 5.32 Å². The van der Waals surface area contributed by atoms with E-state index in [0.29, 0.717) is 12.3 Å². The first kappa shape index (κ1) is 13.9. The quantitative estimate of drug-likeness (QED) is 0.874. The molecule has 0 heterocycles. The topological polar surface area (TPSA) is 32.3 Å². The third kappa shape index (κ3) is 4.00. The third-order valence-corrected chi connectivity index (χ3v) is 4.38. The summed E-state index contributed by atoms with van der Waals surface area (Å²) in [5, 5.41) is 13.2. The van der Waals surface area contributed by atoms with Crippen LogP contribution in [0.5, 0.6) is 5.75 Å². The molecule has 0 unspecified atom stereocenters. The number of nitrogens with one attached hydrogen (secondary N) is 1. The van der Waals surface area contributed by atoms with Gasteiger partial charge in [0, 0.05) is 23.4 Å². The highest BCUT2D eigenvalue weighted by Gasteiger charge is 2.15. The van der Waals surface area contributed by atoms with E-state index >= 15 is 0 Å². The number of halogens is 1. The Balaban J connectivity index is 2.53. The maximum absolute atomic E-state index is 9.79. The van der Waals surface area contributed by atoms with Gasteiger partial charge < -0.3 is 10.4 Å². The van der Waals surface area contributed by atoms with Crippen molar-refractivity contribution in [2.45, 2.75) is 25.1 Å². The monoisotopic (exact) mass is 303 g/mol. The molecule has 1 aromatic rings. The molecular formula is C12H18BrNOS. The van der Waals surface area contributed by atoms with Gasteiger partial charge in [-0.3, -0.25) is 0 Å². The average Bonchev–Trinajstić information content (AvgIpc) is 2.24. The molecule has 1 aromatic carbocycles. The molecule has 0 aromatic heterocycles. The summed E-state index contributed by atoms with van der Waals surface area (Å²) in [6, 6.07) is 5.70. The number of rotatable bonds is 5. The van der Waals surface area contributed by atoms with E-state index in [9.17, 15) is 5.11 Å². The van der Waals surface area contributed by atoms with E-state index in [0.717, 1.165) is 16.6 Å². The van der Waals surface area contributed by atoms with Crippen molar-refractivity contribution in [3.05, 3.63) is 28.2 Å². The molecule has 0 aliphatic heterocycles. The highest BCUT2D eigenvalue weighted by molar-refractivity contribution is 9.10. The summed E-state index contributed by atoms with van der Waals surface area (Å²) in [7, 11) is 0. The second-order valence-electron chi connectivity index (χ2n) is 4.31. The molecule has 0 aliphatic carbocycles. The molecule has 0 saturated heterocycles. The minimum Gasteiger partial charge on any atom is -0.506 e. The van der Waals surface area contributed by atoms with Crippen LogP contribution in [0.25, 0.3) is 0 Å². The molecule has 0 fully saturated rings. The van der Waals surface area contributed by atoms with Crippen LogP contribution in [0.1, 0.15) is 19.4 Å². The predicted molar refractivity (Wildman–Crippen MR) is 75.1 cm³/mol. The molecule has 0 bridgehead atoms. The first-order valence-electron chi connectivity index (χ1n) is 5.18. The Bertz CT molecular complexity index is 355. The summed E-state index contributed by atoms with van der Waals surface area (Å²) in [6.07, 6.45) is 2.11. The molecule has 0 radical (unpaired) electrons. The summed E-state index contributed by atoms with van der Waals surface area (Å²) in [5.41, 5.74) is 0.922. The minimum absolute atomic E-state index is 0.224. The molecule has 90 valence electrons. The number of phenolic OH excluding ortho intramolecular Hbond substituents is 1. The van der Waals surface area contributed by atoms with Gasteiger partial charge in [-0.1, -0.05) is 12.1 Å². The van der Waals surface area contributed by atoms with E-state index in [2.05, 4.69) is 41.3 Å². The lowest BCUT2D eigenvalue weighted by molar-refractivity contribution is 0.459. The van der Waals surface area contributed by atoms with Gasteiger partial charge in [0.2, 0.25) is 0 Å². The van der Waals surface area contributed by atoms with Crippen LogP contribution in [0.15, 0.2) is 22.7 Å². The predicted octanol–water partition coefficient (Wildman–Crippen LogP) is 3.39. The smallest absolute Gasteiger partial charge is 0.134 e. The lowest BCUT2D eigenvalue weighted by atomic mass is 10.1. The Morgan fingerprint density at radius 3 is 2.75 bits per heavy atom. The fraction of sp³-hybridized carbons (Fsp3) is 0.500.